The fourth-order valence-corrected chi connectivity index (χ4v) is 1.92. The first-order chi connectivity index (χ1) is 5.35. The molecule has 0 amide bonds. The Morgan fingerprint density at radius 1 is 1.27 bits per heavy atom. The van der Waals surface area contributed by atoms with E-state index in [4.69, 9.17) is 9.47 Å². The summed E-state index contributed by atoms with van der Waals surface area (Å²) in [6.07, 6.45) is 1.26. The van der Waals surface area contributed by atoms with E-state index in [9.17, 15) is 0 Å². The van der Waals surface area contributed by atoms with Gasteiger partial charge in [0.05, 0.1) is 9.52 Å². The lowest BCUT2D eigenvalue weighted by molar-refractivity contribution is -0.0441. The predicted octanol–water partition coefficient (Wildman–Crippen LogP) is 0.135. The van der Waals surface area contributed by atoms with Gasteiger partial charge in [-0.1, -0.05) is 19.4 Å². The van der Waals surface area contributed by atoms with E-state index in [0.717, 1.165) is 0 Å². The zero-order valence-electron chi connectivity index (χ0n) is 8.09. The topological polar surface area (TPSA) is 44.5 Å². The molecule has 0 bridgehead atoms. The largest absolute Gasteiger partial charge is 0.360 e. The van der Waals surface area contributed by atoms with Crippen LogP contribution in [-0.4, -0.2) is 36.7 Å². The summed E-state index contributed by atoms with van der Waals surface area (Å²) in [4.78, 5) is 0. The van der Waals surface area contributed by atoms with Gasteiger partial charge in [0, 0.05) is 14.2 Å². The normalized spacial score (nSPS) is 10.4. The van der Waals surface area contributed by atoms with Crippen LogP contribution in [0.5, 0.6) is 0 Å². The van der Waals surface area contributed by atoms with Crippen molar-refractivity contribution in [1.82, 2.24) is 0 Å². The van der Waals surface area contributed by atoms with Crippen molar-refractivity contribution in [3.63, 3.8) is 0 Å². The predicted molar refractivity (Wildman–Crippen MR) is 51.6 cm³/mol. The molecule has 0 aliphatic rings. The van der Waals surface area contributed by atoms with Crippen molar-refractivity contribution in [3.05, 3.63) is 0 Å². The fourth-order valence-electron chi connectivity index (χ4n) is 0.703. The molecule has 0 rings (SSSR count). The molecule has 0 aliphatic carbocycles. The van der Waals surface area contributed by atoms with Gasteiger partial charge in [-0.25, -0.2) is 0 Å². The molecule has 0 saturated carbocycles. The molecule has 0 radical (unpaired) electrons. The minimum atomic E-state index is -0.119. The SMILES string of the molecule is CCC[SiH2]C(OC)OC.CN. The molecule has 0 saturated heterocycles. The molecule has 0 fully saturated rings. The van der Waals surface area contributed by atoms with E-state index in [1.807, 2.05) is 0 Å². The van der Waals surface area contributed by atoms with Crippen LogP contribution in [0.4, 0.5) is 0 Å². The lowest BCUT2D eigenvalue weighted by Gasteiger charge is -2.10. The highest BCUT2D eigenvalue weighted by Crippen LogP contribution is 1.94. The highest BCUT2D eigenvalue weighted by Gasteiger charge is 2.02. The summed E-state index contributed by atoms with van der Waals surface area (Å²) in [5.74, 6) is 0.143. The van der Waals surface area contributed by atoms with E-state index in [2.05, 4.69) is 12.7 Å². The van der Waals surface area contributed by atoms with Crippen LogP contribution in [0.1, 0.15) is 13.3 Å². The molecular formula is C7H21NO2Si. The standard InChI is InChI=1S/C6H16O2Si.CH5N/c1-4-5-9-6(7-2)8-3;1-2/h6H,4-5,9H2,1-3H3;2H2,1H3. The van der Waals surface area contributed by atoms with Crippen LogP contribution in [-0.2, 0) is 9.47 Å². The van der Waals surface area contributed by atoms with Gasteiger partial charge in [0.25, 0.3) is 0 Å². The number of hydrogen-bond donors (Lipinski definition) is 1. The highest BCUT2D eigenvalue weighted by atomic mass is 28.2. The van der Waals surface area contributed by atoms with Crippen molar-refractivity contribution in [1.29, 1.82) is 0 Å². The monoisotopic (exact) mass is 179 g/mol. The molecule has 11 heavy (non-hydrogen) atoms. The quantitative estimate of drug-likeness (QED) is 0.482. The average Bonchev–Trinajstić information content (AvgIpc) is 2.10. The smallest absolute Gasteiger partial charge is 0.134 e. The molecule has 4 heteroatoms. The molecule has 0 aromatic rings. The Bertz CT molecular complexity index is 60.4. The van der Waals surface area contributed by atoms with Crippen LogP contribution < -0.4 is 5.73 Å². The number of methoxy groups -OCH3 is 2. The van der Waals surface area contributed by atoms with Gasteiger partial charge in [-0.05, 0) is 7.05 Å². The summed E-state index contributed by atoms with van der Waals surface area (Å²) in [6.45, 7) is 2.19. The Hall–Kier alpha value is 0.0969. The van der Waals surface area contributed by atoms with Crippen molar-refractivity contribution in [2.75, 3.05) is 21.3 Å². The van der Waals surface area contributed by atoms with Gasteiger partial charge in [0.1, 0.15) is 5.91 Å². The molecule has 70 valence electrons. The second-order valence-electron chi connectivity index (χ2n) is 2.04. The molecule has 0 heterocycles. The number of hydrogen-bond acceptors (Lipinski definition) is 3. The number of nitrogens with two attached hydrogens (primary N) is 1. The van der Waals surface area contributed by atoms with Crippen LogP contribution in [0, 0.1) is 0 Å². The van der Waals surface area contributed by atoms with Crippen molar-refractivity contribution in [3.8, 4) is 0 Å². The summed E-state index contributed by atoms with van der Waals surface area (Å²) in [6, 6.07) is 1.31. The van der Waals surface area contributed by atoms with Crippen molar-refractivity contribution in [2.24, 2.45) is 5.73 Å². The molecule has 2 N–H and O–H groups in total. The minimum Gasteiger partial charge on any atom is -0.360 e. The minimum absolute atomic E-state index is 0.119. The third-order valence-corrected chi connectivity index (χ3v) is 3.57. The zero-order chi connectivity index (χ0) is 9.11. The van der Waals surface area contributed by atoms with E-state index in [1.165, 1.54) is 19.5 Å². The van der Waals surface area contributed by atoms with Gasteiger partial charge in [0.15, 0.2) is 0 Å². The summed E-state index contributed by atoms with van der Waals surface area (Å²) >= 11 is 0. The Balaban J connectivity index is 0. The molecule has 0 spiro atoms. The maximum Gasteiger partial charge on any atom is 0.134 e. The van der Waals surface area contributed by atoms with Gasteiger partial charge in [-0.2, -0.15) is 0 Å². The molecule has 0 aliphatic heterocycles. The first-order valence-corrected chi connectivity index (χ1v) is 5.80. The highest BCUT2D eigenvalue weighted by molar-refractivity contribution is 6.36. The molecule has 0 atom stereocenters. The van der Waals surface area contributed by atoms with Crippen LogP contribution in [0.15, 0.2) is 0 Å². The van der Waals surface area contributed by atoms with E-state index in [1.54, 1.807) is 14.2 Å². The van der Waals surface area contributed by atoms with Crippen LogP contribution in [0.25, 0.3) is 0 Å². The first kappa shape index (κ1) is 13.7. The summed E-state index contributed by atoms with van der Waals surface area (Å²) in [5, 5.41) is 0. The zero-order valence-corrected chi connectivity index (χ0v) is 9.51. The maximum atomic E-state index is 5.04. The van der Waals surface area contributed by atoms with E-state index in [0.29, 0.717) is 0 Å². The Morgan fingerprint density at radius 2 is 1.73 bits per heavy atom. The number of ether oxygens (including phenoxy) is 2. The molecular weight excluding hydrogens is 158 g/mol. The molecule has 0 unspecified atom stereocenters. The van der Waals surface area contributed by atoms with Gasteiger partial charge < -0.3 is 15.2 Å². The van der Waals surface area contributed by atoms with E-state index >= 15 is 0 Å². The van der Waals surface area contributed by atoms with Crippen molar-refractivity contribution in [2.45, 2.75) is 25.3 Å². The van der Waals surface area contributed by atoms with Gasteiger partial charge in [-0.3, -0.25) is 0 Å². The third-order valence-electron chi connectivity index (χ3n) is 1.32. The van der Waals surface area contributed by atoms with Crippen LogP contribution >= 0.6 is 0 Å². The fraction of sp³-hybridized carbons (Fsp3) is 1.00. The lowest BCUT2D eigenvalue weighted by atomic mass is 10.6. The summed E-state index contributed by atoms with van der Waals surface area (Å²) in [7, 11) is 4.79. The lowest BCUT2D eigenvalue weighted by Crippen LogP contribution is -2.20. The summed E-state index contributed by atoms with van der Waals surface area (Å²) < 4.78 is 10.1. The molecule has 3 nitrogen and oxygen atoms in total. The van der Waals surface area contributed by atoms with Gasteiger partial charge in [-0.15, -0.1) is 0 Å². The Kier molecular flexibility index (Phi) is 15.8. The van der Waals surface area contributed by atoms with Crippen molar-refractivity contribution < 1.29 is 9.47 Å². The number of rotatable bonds is 5. The van der Waals surface area contributed by atoms with Gasteiger partial charge in [0.2, 0.25) is 0 Å². The second-order valence-corrected chi connectivity index (χ2v) is 3.99. The van der Waals surface area contributed by atoms with Crippen molar-refractivity contribution >= 4 is 9.52 Å². The Labute approximate surface area is 72.1 Å². The maximum absolute atomic E-state index is 5.04. The third kappa shape index (κ3) is 10.1. The average molecular weight is 179 g/mol. The molecule has 0 aromatic carbocycles. The van der Waals surface area contributed by atoms with Crippen LogP contribution in [0.3, 0.4) is 0 Å². The molecule has 0 aromatic heterocycles. The van der Waals surface area contributed by atoms with E-state index < -0.39 is 0 Å². The van der Waals surface area contributed by atoms with Gasteiger partial charge >= 0.3 is 0 Å². The second kappa shape index (κ2) is 12.7. The summed E-state index contributed by atoms with van der Waals surface area (Å²) in [5.41, 5.74) is 4.50. The Morgan fingerprint density at radius 3 is 2.00 bits per heavy atom. The van der Waals surface area contributed by atoms with E-state index in [-0.39, 0.29) is 15.4 Å². The first-order valence-electron chi connectivity index (χ1n) is 3.98. The van der Waals surface area contributed by atoms with Crippen LogP contribution in [0.2, 0.25) is 6.04 Å².